The van der Waals surface area contributed by atoms with Crippen LogP contribution in [0.2, 0.25) is 5.02 Å². The lowest BCUT2D eigenvalue weighted by molar-refractivity contribution is -0.116. The summed E-state index contributed by atoms with van der Waals surface area (Å²) in [5, 5.41) is 19.3. The molecule has 8 heteroatoms. The number of aliphatic imine (C=N–C) groups is 1. The Morgan fingerprint density at radius 2 is 2.11 bits per heavy atom. The minimum Gasteiger partial charge on any atom is -0.396 e. The van der Waals surface area contributed by atoms with E-state index < -0.39 is 0 Å². The zero-order valence-electron chi connectivity index (χ0n) is 16.5. The largest absolute Gasteiger partial charge is 0.396 e. The lowest BCUT2D eigenvalue weighted by atomic mass is 9.84. The van der Waals surface area contributed by atoms with Crippen LogP contribution in [0.4, 0.5) is 5.69 Å². The summed E-state index contributed by atoms with van der Waals surface area (Å²) in [6, 6.07) is 7.06. The standard InChI is InChI=1S/C20H31ClN4O3/c1-2-22-19(24-14-20(9-12-26)10-13-28-15-20)23-11-3-4-18(27)25-17-7-5-16(21)6-8-17/h5-8,26H,2-4,9-15H2,1H3,(H,25,27)(H2,22,23,24). The van der Waals surface area contributed by atoms with E-state index >= 15 is 0 Å². The zero-order chi connectivity index (χ0) is 20.2. The van der Waals surface area contributed by atoms with Crippen LogP contribution >= 0.6 is 11.6 Å². The van der Waals surface area contributed by atoms with E-state index in [1.165, 1.54) is 0 Å². The molecule has 0 bridgehead atoms. The molecule has 1 amide bonds. The zero-order valence-corrected chi connectivity index (χ0v) is 17.2. The van der Waals surface area contributed by atoms with E-state index in [9.17, 15) is 9.90 Å². The SMILES string of the molecule is CCNC(=NCC1(CCO)CCOC1)NCCCC(=O)Nc1ccc(Cl)cc1. The molecule has 2 rings (SSSR count). The normalized spacial score (nSPS) is 19.5. The summed E-state index contributed by atoms with van der Waals surface area (Å²) in [4.78, 5) is 16.7. The Balaban J connectivity index is 1.74. The van der Waals surface area contributed by atoms with Crippen molar-refractivity contribution in [1.82, 2.24) is 10.6 Å². The van der Waals surface area contributed by atoms with Gasteiger partial charge in [0.2, 0.25) is 5.91 Å². The van der Waals surface area contributed by atoms with Crippen molar-refractivity contribution in [2.24, 2.45) is 10.4 Å². The lowest BCUT2D eigenvalue weighted by Gasteiger charge is -2.24. The van der Waals surface area contributed by atoms with Crippen LogP contribution in [0.1, 0.15) is 32.6 Å². The Morgan fingerprint density at radius 3 is 2.75 bits per heavy atom. The van der Waals surface area contributed by atoms with Gasteiger partial charge in [-0.25, -0.2) is 0 Å². The van der Waals surface area contributed by atoms with Crippen LogP contribution < -0.4 is 16.0 Å². The Morgan fingerprint density at radius 1 is 1.32 bits per heavy atom. The highest BCUT2D eigenvalue weighted by molar-refractivity contribution is 6.30. The van der Waals surface area contributed by atoms with Gasteiger partial charge in [0.1, 0.15) is 0 Å². The van der Waals surface area contributed by atoms with Gasteiger partial charge in [-0.3, -0.25) is 9.79 Å². The van der Waals surface area contributed by atoms with Gasteiger partial charge >= 0.3 is 0 Å². The molecule has 1 unspecified atom stereocenters. The van der Waals surface area contributed by atoms with Gasteiger partial charge in [0.05, 0.1) is 13.2 Å². The van der Waals surface area contributed by atoms with Crippen molar-refractivity contribution >= 4 is 29.2 Å². The maximum absolute atomic E-state index is 12.0. The predicted octanol–water partition coefficient (Wildman–Crippen LogP) is 2.40. The molecule has 0 radical (unpaired) electrons. The van der Waals surface area contributed by atoms with E-state index in [0.29, 0.717) is 44.0 Å². The molecule has 1 aromatic carbocycles. The molecule has 1 aromatic rings. The number of ether oxygens (including phenoxy) is 1. The molecule has 1 aliphatic heterocycles. The number of nitrogens with zero attached hydrogens (tertiary/aromatic N) is 1. The third kappa shape index (κ3) is 7.66. The van der Waals surface area contributed by atoms with Crippen LogP contribution in [-0.4, -0.2) is 56.4 Å². The highest BCUT2D eigenvalue weighted by Crippen LogP contribution is 2.32. The van der Waals surface area contributed by atoms with Crippen molar-refractivity contribution in [1.29, 1.82) is 0 Å². The second kappa shape index (κ2) is 11.9. The molecular weight excluding hydrogens is 380 g/mol. The lowest BCUT2D eigenvalue weighted by Crippen LogP contribution is -2.39. The van der Waals surface area contributed by atoms with Gasteiger partial charge in [-0.15, -0.1) is 0 Å². The summed E-state index contributed by atoms with van der Waals surface area (Å²) in [6.07, 6.45) is 2.72. The van der Waals surface area contributed by atoms with E-state index in [2.05, 4.69) is 20.9 Å². The molecule has 28 heavy (non-hydrogen) atoms. The molecule has 0 aromatic heterocycles. The number of benzene rings is 1. The Hall–Kier alpha value is -1.83. The first kappa shape index (κ1) is 22.5. The number of amides is 1. The summed E-state index contributed by atoms with van der Waals surface area (Å²) in [6.45, 7) is 5.53. The minimum absolute atomic E-state index is 0.0314. The molecule has 1 heterocycles. The quantitative estimate of drug-likeness (QED) is 0.270. The molecule has 0 saturated carbocycles. The molecule has 4 N–H and O–H groups in total. The molecule has 1 fully saturated rings. The monoisotopic (exact) mass is 410 g/mol. The van der Waals surface area contributed by atoms with Crippen molar-refractivity contribution in [2.75, 3.05) is 44.8 Å². The van der Waals surface area contributed by atoms with Crippen LogP contribution in [0.25, 0.3) is 0 Å². The Bertz CT molecular complexity index is 631. The molecule has 1 aliphatic rings. The van der Waals surface area contributed by atoms with E-state index in [4.69, 9.17) is 16.3 Å². The highest BCUT2D eigenvalue weighted by atomic mass is 35.5. The highest BCUT2D eigenvalue weighted by Gasteiger charge is 2.34. The number of hydrogen-bond acceptors (Lipinski definition) is 4. The first-order valence-corrected chi connectivity index (χ1v) is 10.2. The van der Waals surface area contributed by atoms with E-state index in [0.717, 1.165) is 31.2 Å². The van der Waals surface area contributed by atoms with E-state index in [1.54, 1.807) is 24.3 Å². The first-order chi connectivity index (χ1) is 13.6. The second-order valence-electron chi connectivity index (χ2n) is 7.06. The number of aliphatic hydroxyl groups is 1. The number of guanidine groups is 1. The first-order valence-electron chi connectivity index (χ1n) is 9.83. The van der Waals surface area contributed by atoms with Crippen molar-refractivity contribution < 1.29 is 14.6 Å². The fourth-order valence-corrected chi connectivity index (χ4v) is 3.21. The number of aliphatic hydroxyl groups excluding tert-OH is 1. The van der Waals surface area contributed by atoms with Gasteiger partial charge < -0.3 is 25.8 Å². The third-order valence-electron chi connectivity index (χ3n) is 4.74. The average molecular weight is 411 g/mol. The maximum atomic E-state index is 12.0. The molecule has 1 atom stereocenters. The van der Waals surface area contributed by atoms with Crippen LogP contribution in [-0.2, 0) is 9.53 Å². The van der Waals surface area contributed by atoms with Gasteiger partial charge in [-0.2, -0.15) is 0 Å². The summed E-state index contributed by atoms with van der Waals surface area (Å²) in [5.74, 6) is 0.695. The van der Waals surface area contributed by atoms with Crippen LogP contribution in [0.15, 0.2) is 29.3 Å². The molecular formula is C20H31ClN4O3. The smallest absolute Gasteiger partial charge is 0.224 e. The number of halogens is 1. The molecule has 156 valence electrons. The third-order valence-corrected chi connectivity index (χ3v) is 5.00. The molecule has 7 nitrogen and oxygen atoms in total. The van der Waals surface area contributed by atoms with E-state index in [1.807, 2.05) is 6.92 Å². The Kier molecular flexibility index (Phi) is 9.54. The van der Waals surface area contributed by atoms with Gasteiger partial charge in [-0.1, -0.05) is 11.6 Å². The van der Waals surface area contributed by atoms with Gasteiger partial charge in [-0.05, 0) is 50.5 Å². The number of carbonyl (C=O) groups excluding carboxylic acids is 1. The molecule has 0 aliphatic carbocycles. The average Bonchev–Trinajstić information content (AvgIpc) is 3.14. The second-order valence-corrected chi connectivity index (χ2v) is 7.49. The van der Waals surface area contributed by atoms with Crippen LogP contribution in [0, 0.1) is 5.41 Å². The Labute approximate surface area is 171 Å². The molecule has 0 spiro atoms. The van der Waals surface area contributed by atoms with Gasteiger partial charge in [0, 0.05) is 48.8 Å². The summed E-state index contributed by atoms with van der Waals surface area (Å²) >= 11 is 5.84. The van der Waals surface area contributed by atoms with Crippen molar-refractivity contribution in [3.8, 4) is 0 Å². The number of anilines is 1. The number of nitrogens with one attached hydrogen (secondary N) is 3. The maximum Gasteiger partial charge on any atom is 0.224 e. The van der Waals surface area contributed by atoms with Crippen LogP contribution in [0.3, 0.4) is 0 Å². The fraction of sp³-hybridized carbons (Fsp3) is 0.600. The topological polar surface area (TPSA) is 95.0 Å². The van der Waals surface area contributed by atoms with Crippen molar-refractivity contribution in [3.05, 3.63) is 29.3 Å². The van der Waals surface area contributed by atoms with Crippen molar-refractivity contribution in [2.45, 2.75) is 32.6 Å². The van der Waals surface area contributed by atoms with Crippen LogP contribution in [0.5, 0.6) is 0 Å². The number of rotatable bonds is 10. The minimum atomic E-state index is -0.0738. The van der Waals surface area contributed by atoms with Gasteiger partial charge in [0.25, 0.3) is 0 Å². The summed E-state index contributed by atoms with van der Waals surface area (Å²) in [5.41, 5.74) is 0.667. The predicted molar refractivity (Wildman–Crippen MR) is 113 cm³/mol. The summed E-state index contributed by atoms with van der Waals surface area (Å²) < 4.78 is 5.51. The van der Waals surface area contributed by atoms with E-state index in [-0.39, 0.29) is 17.9 Å². The van der Waals surface area contributed by atoms with Gasteiger partial charge in [0.15, 0.2) is 5.96 Å². The number of carbonyl (C=O) groups is 1. The summed E-state index contributed by atoms with van der Waals surface area (Å²) in [7, 11) is 0. The molecule has 1 saturated heterocycles. The fourth-order valence-electron chi connectivity index (χ4n) is 3.09. The van der Waals surface area contributed by atoms with Crippen molar-refractivity contribution in [3.63, 3.8) is 0 Å². The number of hydrogen-bond donors (Lipinski definition) is 4.